The van der Waals surface area contributed by atoms with Gasteiger partial charge in [-0.15, -0.1) is 0 Å². The minimum absolute atomic E-state index is 0.0748. The SMILES string of the molecule is N#Cc1cnn(CC(=O)c2ccc(Cl)cc2)c1. The minimum Gasteiger partial charge on any atom is -0.292 e. The number of carbonyl (C=O) groups is 1. The van der Waals surface area contributed by atoms with Gasteiger partial charge in [0.05, 0.1) is 11.8 Å². The number of hydrogen-bond acceptors (Lipinski definition) is 3. The fourth-order valence-corrected chi connectivity index (χ4v) is 1.51. The van der Waals surface area contributed by atoms with Crippen molar-refractivity contribution in [1.82, 2.24) is 9.78 Å². The van der Waals surface area contributed by atoms with Gasteiger partial charge in [-0.2, -0.15) is 10.4 Å². The van der Waals surface area contributed by atoms with Crippen LogP contribution in [-0.2, 0) is 6.54 Å². The summed E-state index contributed by atoms with van der Waals surface area (Å²) in [7, 11) is 0. The molecule has 1 aromatic heterocycles. The lowest BCUT2D eigenvalue weighted by molar-refractivity contribution is 0.0967. The van der Waals surface area contributed by atoms with E-state index >= 15 is 0 Å². The maximum atomic E-state index is 11.8. The average molecular weight is 246 g/mol. The Balaban J connectivity index is 2.11. The molecule has 0 atom stereocenters. The molecule has 1 aromatic carbocycles. The molecule has 4 nitrogen and oxygen atoms in total. The first-order chi connectivity index (χ1) is 8.19. The van der Waals surface area contributed by atoms with Crippen LogP contribution in [0.15, 0.2) is 36.7 Å². The number of rotatable bonds is 3. The van der Waals surface area contributed by atoms with Gasteiger partial charge in [0, 0.05) is 16.8 Å². The van der Waals surface area contributed by atoms with Gasteiger partial charge >= 0.3 is 0 Å². The molecule has 0 amide bonds. The van der Waals surface area contributed by atoms with Crippen molar-refractivity contribution < 1.29 is 4.79 Å². The summed E-state index contributed by atoms with van der Waals surface area (Å²) in [6.45, 7) is 0.114. The zero-order valence-electron chi connectivity index (χ0n) is 8.80. The molecule has 0 radical (unpaired) electrons. The van der Waals surface area contributed by atoms with Crippen LogP contribution in [0.25, 0.3) is 0 Å². The zero-order chi connectivity index (χ0) is 12.3. The van der Waals surface area contributed by atoms with Gasteiger partial charge in [0.2, 0.25) is 0 Å². The van der Waals surface area contributed by atoms with Gasteiger partial charge in [0.15, 0.2) is 5.78 Å². The largest absolute Gasteiger partial charge is 0.292 e. The van der Waals surface area contributed by atoms with Crippen LogP contribution in [0.2, 0.25) is 5.02 Å². The molecule has 17 heavy (non-hydrogen) atoms. The summed E-state index contributed by atoms with van der Waals surface area (Å²) in [5.74, 6) is -0.0748. The van der Waals surface area contributed by atoms with Crippen LogP contribution in [0.4, 0.5) is 0 Å². The first kappa shape index (κ1) is 11.4. The van der Waals surface area contributed by atoms with E-state index in [2.05, 4.69) is 5.10 Å². The highest BCUT2D eigenvalue weighted by Gasteiger charge is 2.07. The lowest BCUT2D eigenvalue weighted by atomic mass is 10.1. The molecular formula is C12H8ClN3O. The van der Waals surface area contributed by atoms with Crippen LogP contribution in [0.3, 0.4) is 0 Å². The Labute approximate surface area is 103 Å². The van der Waals surface area contributed by atoms with Gasteiger partial charge in [-0.3, -0.25) is 9.48 Å². The van der Waals surface area contributed by atoms with Gasteiger partial charge in [-0.25, -0.2) is 0 Å². The Morgan fingerprint density at radius 2 is 2.12 bits per heavy atom. The third kappa shape index (κ3) is 2.71. The Kier molecular flexibility index (Phi) is 3.22. The van der Waals surface area contributed by atoms with Crippen molar-refractivity contribution in [3.05, 3.63) is 52.8 Å². The first-order valence-electron chi connectivity index (χ1n) is 4.90. The molecule has 2 aromatic rings. The standard InChI is InChI=1S/C12H8ClN3O/c13-11-3-1-10(2-4-11)12(17)8-16-7-9(5-14)6-15-16/h1-4,6-7H,8H2. The summed E-state index contributed by atoms with van der Waals surface area (Å²) in [5.41, 5.74) is 1.01. The van der Waals surface area contributed by atoms with E-state index < -0.39 is 0 Å². The van der Waals surface area contributed by atoms with Crippen molar-refractivity contribution >= 4 is 17.4 Å². The van der Waals surface area contributed by atoms with Crippen molar-refractivity contribution in [2.75, 3.05) is 0 Å². The first-order valence-corrected chi connectivity index (χ1v) is 5.28. The van der Waals surface area contributed by atoms with E-state index in [1.54, 1.807) is 24.3 Å². The normalized spacial score (nSPS) is 9.88. The van der Waals surface area contributed by atoms with Crippen LogP contribution >= 0.6 is 11.6 Å². The molecule has 0 N–H and O–H groups in total. The lowest BCUT2D eigenvalue weighted by Crippen LogP contribution is -2.10. The van der Waals surface area contributed by atoms with Crippen LogP contribution < -0.4 is 0 Å². The molecule has 0 aliphatic carbocycles. The van der Waals surface area contributed by atoms with E-state index in [1.807, 2.05) is 6.07 Å². The summed E-state index contributed by atoms with van der Waals surface area (Å²) < 4.78 is 1.44. The highest BCUT2D eigenvalue weighted by molar-refractivity contribution is 6.30. The molecule has 0 spiro atoms. The maximum Gasteiger partial charge on any atom is 0.184 e. The molecular weight excluding hydrogens is 238 g/mol. The quantitative estimate of drug-likeness (QED) is 0.780. The van der Waals surface area contributed by atoms with E-state index in [1.165, 1.54) is 17.1 Å². The summed E-state index contributed by atoms with van der Waals surface area (Å²) in [6.07, 6.45) is 2.96. The molecule has 5 heteroatoms. The number of nitriles is 1. The molecule has 0 unspecified atom stereocenters. The topological polar surface area (TPSA) is 58.7 Å². The number of carbonyl (C=O) groups excluding carboxylic acids is 1. The van der Waals surface area contributed by atoms with Crippen LogP contribution in [0.5, 0.6) is 0 Å². The monoisotopic (exact) mass is 245 g/mol. The predicted octanol–water partition coefficient (Wildman–Crippen LogP) is 2.29. The van der Waals surface area contributed by atoms with E-state index in [9.17, 15) is 4.79 Å². The van der Waals surface area contributed by atoms with Crippen molar-refractivity contribution in [1.29, 1.82) is 5.26 Å². The maximum absolute atomic E-state index is 11.8. The van der Waals surface area contributed by atoms with Crippen molar-refractivity contribution in [2.45, 2.75) is 6.54 Å². The fourth-order valence-electron chi connectivity index (χ4n) is 1.38. The lowest BCUT2D eigenvalue weighted by Gasteiger charge is -2.01. The molecule has 0 saturated carbocycles. The number of hydrogen-bond donors (Lipinski definition) is 0. The number of Topliss-reactive ketones (excluding diaryl/α,β-unsaturated/α-hetero) is 1. The molecule has 0 fully saturated rings. The van der Waals surface area contributed by atoms with Gasteiger partial charge in [0.1, 0.15) is 12.6 Å². The Bertz CT molecular complexity index is 581. The number of halogens is 1. The Morgan fingerprint density at radius 1 is 1.41 bits per heavy atom. The number of benzene rings is 1. The molecule has 0 aliphatic heterocycles. The minimum atomic E-state index is -0.0748. The third-order valence-electron chi connectivity index (χ3n) is 2.23. The highest BCUT2D eigenvalue weighted by atomic mass is 35.5. The van der Waals surface area contributed by atoms with Crippen LogP contribution in [0, 0.1) is 11.3 Å². The van der Waals surface area contributed by atoms with E-state index in [0.717, 1.165) is 0 Å². The van der Waals surface area contributed by atoms with Crippen LogP contribution in [-0.4, -0.2) is 15.6 Å². The third-order valence-corrected chi connectivity index (χ3v) is 2.49. The van der Waals surface area contributed by atoms with Crippen molar-refractivity contribution in [3.63, 3.8) is 0 Å². The van der Waals surface area contributed by atoms with E-state index in [-0.39, 0.29) is 12.3 Å². The summed E-state index contributed by atoms with van der Waals surface area (Å²) in [6, 6.07) is 8.62. The highest BCUT2D eigenvalue weighted by Crippen LogP contribution is 2.10. The number of aromatic nitrogens is 2. The van der Waals surface area contributed by atoms with Gasteiger partial charge in [0.25, 0.3) is 0 Å². The van der Waals surface area contributed by atoms with Gasteiger partial charge in [-0.1, -0.05) is 11.6 Å². The van der Waals surface area contributed by atoms with Crippen LogP contribution in [0.1, 0.15) is 15.9 Å². The smallest absolute Gasteiger partial charge is 0.184 e. The van der Waals surface area contributed by atoms with Crippen molar-refractivity contribution in [3.8, 4) is 6.07 Å². The molecule has 2 rings (SSSR count). The summed E-state index contributed by atoms with van der Waals surface area (Å²) in [4.78, 5) is 11.8. The summed E-state index contributed by atoms with van der Waals surface area (Å²) >= 11 is 5.73. The second-order valence-corrected chi connectivity index (χ2v) is 3.90. The number of nitrogens with zero attached hydrogens (tertiary/aromatic N) is 3. The van der Waals surface area contributed by atoms with Crippen molar-refractivity contribution in [2.24, 2.45) is 0 Å². The second kappa shape index (κ2) is 4.81. The molecule has 0 bridgehead atoms. The van der Waals surface area contributed by atoms with Gasteiger partial charge in [-0.05, 0) is 24.3 Å². The Hall–Kier alpha value is -2.12. The number of ketones is 1. The second-order valence-electron chi connectivity index (χ2n) is 3.47. The predicted molar refractivity (Wildman–Crippen MR) is 62.7 cm³/mol. The molecule has 84 valence electrons. The average Bonchev–Trinajstić information content (AvgIpc) is 2.77. The molecule has 0 saturated heterocycles. The van der Waals surface area contributed by atoms with E-state index in [0.29, 0.717) is 16.1 Å². The van der Waals surface area contributed by atoms with E-state index in [4.69, 9.17) is 16.9 Å². The Morgan fingerprint density at radius 3 is 2.71 bits per heavy atom. The summed E-state index contributed by atoms with van der Waals surface area (Å²) in [5, 5.41) is 13.1. The zero-order valence-corrected chi connectivity index (χ0v) is 9.55. The fraction of sp³-hybridized carbons (Fsp3) is 0.0833. The molecule has 0 aliphatic rings. The molecule has 1 heterocycles. The van der Waals surface area contributed by atoms with Gasteiger partial charge < -0.3 is 0 Å².